The third kappa shape index (κ3) is 10.6. The van der Waals surface area contributed by atoms with Gasteiger partial charge in [0.25, 0.3) is 0 Å². The third-order valence-corrected chi connectivity index (χ3v) is 5.00. The Balaban J connectivity index is 2.44. The summed E-state index contributed by atoms with van der Waals surface area (Å²) < 4.78 is 9.67. The first kappa shape index (κ1) is 27.3. The van der Waals surface area contributed by atoms with Crippen LogP contribution in [0.3, 0.4) is 0 Å². The molecule has 0 aliphatic carbocycles. The number of unbranched alkanes of at least 4 members (excludes halogenated alkanes) is 4. The van der Waals surface area contributed by atoms with Crippen molar-refractivity contribution in [1.82, 2.24) is 5.32 Å². The largest absolute Gasteiger partial charge is 0.464 e. The second-order valence-corrected chi connectivity index (χ2v) is 7.64. The number of aryl methyl sites for hydroxylation is 1. The summed E-state index contributed by atoms with van der Waals surface area (Å²) in [5.41, 5.74) is 1.73. The highest BCUT2D eigenvalue weighted by atomic mass is 16.6. The van der Waals surface area contributed by atoms with Crippen LogP contribution < -0.4 is 5.32 Å². The zero-order valence-electron chi connectivity index (χ0n) is 19.6. The monoisotopic (exact) mass is 447 g/mol. The summed E-state index contributed by atoms with van der Waals surface area (Å²) in [6.07, 6.45) is 7.50. The molecule has 0 bridgehead atoms. The number of ether oxygens (including phenoxy) is 2. The Morgan fingerprint density at radius 2 is 1.38 bits per heavy atom. The SMILES string of the molecule is CCCCCCCC(=O)c1ccc(CCCC(=O)NC(C(=O)OCC)C(=O)OCC)cc1. The van der Waals surface area contributed by atoms with Gasteiger partial charge in [0.15, 0.2) is 5.78 Å². The molecule has 0 heterocycles. The van der Waals surface area contributed by atoms with Crippen LogP contribution in [0, 0.1) is 0 Å². The number of nitrogens with one attached hydrogen (secondary N) is 1. The van der Waals surface area contributed by atoms with E-state index in [0.29, 0.717) is 24.8 Å². The molecular formula is C25H37NO6. The van der Waals surface area contributed by atoms with Crippen LogP contribution >= 0.6 is 0 Å². The first-order valence-electron chi connectivity index (χ1n) is 11.7. The molecule has 0 radical (unpaired) electrons. The number of Topliss-reactive ketones (excluding diaryl/α,β-unsaturated/α-hetero) is 1. The Labute approximate surface area is 191 Å². The van der Waals surface area contributed by atoms with Crippen LogP contribution in [0.5, 0.6) is 0 Å². The molecule has 1 rings (SSSR count). The van der Waals surface area contributed by atoms with Gasteiger partial charge in [-0.15, -0.1) is 0 Å². The average molecular weight is 448 g/mol. The van der Waals surface area contributed by atoms with E-state index < -0.39 is 23.9 Å². The topological polar surface area (TPSA) is 98.8 Å². The summed E-state index contributed by atoms with van der Waals surface area (Å²) in [5.74, 6) is -1.92. The first-order chi connectivity index (χ1) is 15.4. The number of ketones is 1. The van der Waals surface area contributed by atoms with E-state index in [0.717, 1.165) is 18.4 Å². The number of amides is 1. The minimum Gasteiger partial charge on any atom is -0.464 e. The van der Waals surface area contributed by atoms with Crippen LogP contribution in [0.1, 0.15) is 88.1 Å². The van der Waals surface area contributed by atoms with Gasteiger partial charge >= 0.3 is 11.9 Å². The minimum absolute atomic E-state index is 0.0992. The van der Waals surface area contributed by atoms with Gasteiger partial charge in [0, 0.05) is 18.4 Å². The van der Waals surface area contributed by atoms with Crippen LogP contribution in [0.15, 0.2) is 24.3 Å². The van der Waals surface area contributed by atoms with Crippen molar-refractivity contribution < 1.29 is 28.7 Å². The van der Waals surface area contributed by atoms with Crippen LogP contribution in [0.25, 0.3) is 0 Å². The molecule has 0 aliphatic heterocycles. The second-order valence-electron chi connectivity index (χ2n) is 7.64. The van der Waals surface area contributed by atoms with Gasteiger partial charge < -0.3 is 14.8 Å². The fourth-order valence-corrected chi connectivity index (χ4v) is 3.24. The van der Waals surface area contributed by atoms with Crippen LogP contribution in [0.2, 0.25) is 0 Å². The molecule has 0 saturated carbocycles. The van der Waals surface area contributed by atoms with Crippen molar-refractivity contribution >= 4 is 23.6 Å². The van der Waals surface area contributed by atoms with Gasteiger partial charge in [-0.25, -0.2) is 9.59 Å². The Hall–Kier alpha value is -2.70. The predicted molar refractivity (Wildman–Crippen MR) is 122 cm³/mol. The molecule has 0 aromatic heterocycles. The molecule has 1 aromatic rings. The Bertz CT molecular complexity index is 710. The highest BCUT2D eigenvalue weighted by Gasteiger charge is 2.30. The van der Waals surface area contributed by atoms with Crippen LogP contribution in [-0.4, -0.2) is 42.9 Å². The minimum atomic E-state index is -1.45. The molecule has 7 heteroatoms. The number of hydrogen-bond donors (Lipinski definition) is 1. The predicted octanol–water partition coefficient (Wildman–Crippen LogP) is 4.16. The van der Waals surface area contributed by atoms with E-state index in [-0.39, 0.29) is 25.4 Å². The smallest absolute Gasteiger partial charge is 0.340 e. The Morgan fingerprint density at radius 1 is 0.781 bits per heavy atom. The van der Waals surface area contributed by atoms with E-state index in [2.05, 4.69) is 12.2 Å². The zero-order valence-corrected chi connectivity index (χ0v) is 19.6. The van der Waals surface area contributed by atoms with Crippen LogP contribution in [-0.2, 0) is 30.3 Å². The lowest BCUT2D eigenvalue weighted by Crippen LogP contribution is -2.48. The fourth-order valence-electron chi connectivity index (χ4n) is 3.24. The maximum absolute atomic E-state index is 12.3. The van der Waals surface area contributed by atoms with Crippen molar-refractivity contribution in [2.45, 2.75) is 84.6 Å². The average Bonchev–Trinajstić information content (AvgIpc) is 2.78. The molecule has 0 saturated heterocycles. The first-order valence-corrected chi connectivity index (χ1v) is 11.7. The summed E-state index contributed by atoms with van der Waals surface area (Å²) >= 11 is 0. The van der Waals surface area contributed by atoms with E-state index in [9.17, 15) is 19.2 Å². The second kappa shape index (κ2) is 16.0. The molecule has 0 fully saturated rings. The van der Waals surface area contributed by atoms with Crippen LogP contribution in [0.4, 0.5) is 0 Å². The van der Waals surface area contributed by atoms with Crippen molar-refractivity contribution in [2.24, 2.45) is 0 Å². The summed E-state index contributed by atoms with van der Waals surface area (Å²) in [7, 11) is 0. The van der Waals surface area contributed by atoms with E-state index >= 15 is 0 Å². The van der Waals surface area contributed by atoms with E-state index in [1.165, 1.54) is 19.3 Å². The molecule has 178 valence electrons. The molecule has 7 nitrogen and oxygen atoms in total. The lowest BCUT2D eigenvalue weighted by atomic mass is 10.0. The third-order valence-electron chi connectivity index (χ3n) is 5.00. The number of rotatable bonds is 16. The van der Waals surface area contributed by atoms with E-state index in [4.69, 9.17) is 9.47 Å². The number of carbonyl (C=O) groups is 4. The molecule has 1 amide bonds. The maximum atomic E-state index is 12.3. The van der Waals surface area contributed by atoms with Gasteiger partial charge in [0.05, 0.1) is 13.2 Å². The number of esters is 2. The molecular weight excluding hydrogens is 410 g/mol. The summed E-state index contributed by atoms with van der Waals surface area (Å²) in [6.45, 7) is 5.61. The number of benzene rings is 1. The van der Waals surface area contributed by atoms with Crippen molar-refractivity contribution in [3.05, 3.63) is 35.4 Å². The van der Waals surface area contributed by atoms with Crippen molar-refractivity contribution in [3.8, 4) is 0 Å². The van der Waals surface area contributed by atoms with Gasteiger partial charge in [-0.1, -0.05) is 56.9 Å². The van der Waals surface area contributed by atoms with Gasteiger partial charge in [0.2, 0.25) is 11.9 Å². The Kier molecular flexibility index (Phi) is 13.7. The highest BCUT2D eigenvalue weighted by Crippen LogP contribution is 2.13. The summed E-state index contributed by atoms with van der Waals surface area (Å²) in [5, 5.41) is 2.40. The molecule has 1 aromatic carbocycles. The Morgan fingerprint density at radius 3 is 1.94 bits per heavy atom. The van der Waals surface area contributed by atoms with Gasteiger partial charge in [-0.3, -0.25) is 9.59 Å². The molecule has 1 N–H and O–H groups in total. The number of carbonyl (C=O) groups excluding carboxylic acids is 4. The maximum Gasteiger partial charge on any atom is 0.340 e. The van der Waals surface area contributed by atoms with Crippen molar-refractivity contribution in [2.75, 3.05) is 13.2 Å². The van der Waals surface area contributed by atoms with Crippen molar-refractivity contribution in [3.63, 3.8) is 0 Å². The fraction of sp³-hybridized carbons (Fsp3) is 0.600. The zero-order chi connectivity index (χ0) is 23.8. The highest BCUT2D eigenvalue weighted by molar-refractivity contribution is 6.02. The molecule has 0 spiro atoms. The van der Waals surface area contributed by atoms with Gasteiger partial charge in [-0.2, -0.15) is 0 Å². The molecule has 0 aliphatic rings. The lowest BCUT2D eigenvalue weighted by molar-refractivity contribution is -0.159. The molecule has 0 atom stereocenters. The summed E-state index contributed by atoms with van der Waals surface area (Å²) in [6, 6.07) is 6.03. The number of hydrogen-bond acceptors (Lipinski definition) is 6. The quantitative estimate of drug-likeness (QED) is 0.177. The molecule has 0 unspecified atom stereocenters. The van der Waals surface area contributed by atoms with E-state index in [1.54, 1.807) is 13.8 Å². The summed E-state index contributed by atoms with van der Waals surface area (Å²) in [4.78, 5) is 48.3. The van der Waals surface area contributed by atoms with Gasteiger partial charge in [-0.05, 0) is 38.7 Å². The van der Waals surface area contributed by atoms with Gasteiger partial charge in [0.1, 0.15) is 0 Å². The molecule has 32 heavy (non-hydrogen) atoms. The van der Waals surface area contributed by atoms with Crippen molar-refractivity contribution in [1.29, 1.82) is 0 Å². The lowest BCUT2D eigenvalue weighted by Gasteiger charge is -2.15. The van der Waals surface area contributed by atoms with E-state index in [1.807, 2.05) is 24.3 Å². The standard InChI is InChI=1S/C25H37NO6/c1-4-7-8-9-10-13-21(27)20-17-15-19(16-18-20)12-11-14-22(28)26-23(24(29)31-5-2)25(30)32-6-3/h15-18,23H,4-14H2,1-3H3,(H,26,28). The normalized spacial score (nSPS) is 10.6.